The molecule has 1 atom stereocenters. The molecule has 0 aromatic rings. The van der Waals surface area contributed by atoms with Gasteiger partial charge in [-0.25, -0.2) is 0 Å². The fourth-order valence-electron chi connectivity index (χ4n) is 2.73. The third kappa shape index (κ3) is 5.37. The van der Waals surface area contributed by atoms with Crippen LogP contribution in [-0.4, -0.2) is 49.3 Å². The summed E-state index contributed by atoms with van der Waals surface area (Å²) < 4.78 is 5.25. The smallest absolute Gasteiger partial charge is 0.144 e. The average Bonchev–Trinajstić information content (AvgIpc) is 2.38. The molecule has 1 aliphatic heterocycles. The minimum atomic E-state index is -0.226. The number of hydrogen-bond donors (Lipinski definition) is 2. The number of methoxy groups -OCH3 is 1. The molecule has 1 heterocycles. The van der Waals surface area contributed by atoms with Gasteiger partial charge in [-0.2, -0.15) is 0 Å². The maximum atomic E-state index is 8.75. The van der Waals surface area contributed by atoms with Gasteiger partial charge in [0.2, 0.25) is 0 Å². The van der Waals surface area contributed by atoms with Crippen LogP contribution in [0.1, 0.15) is 39.5 Å². The molecular formula is C14H29N3O2. The molecule has 0 aromatic carbocycles. The molecule has 0 radical (unpaired) electrons. The van der Waals surface area contributed by atoms with E-state index in [2.05, 4.69) is 10.1 Å². The van der Waals surface area contributed by atoms with Gasteiger partial charge in [0, 0.05) is 19.1 Å². The van der Waals surface area contributed by atoms with Crippen molar-refractivity contribution >= 4 is 5.84 Å². The maximum Gasteiger partial charge on any atom is 0.144 e. The van der Waals surface area contributed by atoms with Crippen molar-refractivity contribution < 1.29 is 9.94 Å². The van der Waals surface area contributed by atoms with E-state index >= 15 is 0 Å². The third-order valence-electron chi connectivity index (χ3n) is 4.08. The van der Waals surface area contributed by atoms with E-state index in [1.807, 2.05) is 13.8 Å². The molecule has 1 rings (SSSR count). The summed E-state index contributed by atoms with van der Waals surface area (Å²) >= 11 is 0. The van der Waals surface area contributed by atoms with E-state index in [9.17, 15) is 0 Å². The quantitative estimate of drug-likeness (QED) is 0.321. The van der Waals surface area contributed by atoms with Crippen LogP contribution in [0.15, 0.2) is 5.16 Å². The van der Waals surface area contributed by atoms with Gasteiger partial charge < -0.3 is 20.6 Å². The maximum absolute atomic E-state index is 8.75. The van der Waals surface area contributed by atoms with Crippen LogP contribution in [0.2, 0.25) is 0 Å². The van der Waals surface area contributed by atoms with E-state index in [0.717, 1.165) is 32.5 Å². The molecule has 0 saturated carbocycles. The summed E-state index contributed by atoms with van der Waals surface area (Å²) in [6.07, 6.45) is 4.55. The van der Waals surface area contributed by atoms with Gasteiger partial charge in [-0.1, -0.05) is 19.0 Å². The Morgan fingerprint density at radius 3 is 2.89 bits per heavy atom. The fourth-order valence-corrected chi connectivity index (χ4v) is 2.73. The van der Waals surface area contributed by atoms with Crippen molar-refractivity contribution in [3.63, 3.8) is 0 Å². The van der Waals surface area contributed by atoms with Gasteiger partial charge in [-0.05, 0) is 44.7 Å². The molecule has 1 fully saturated rings. The van der Waals surface area contributed by atoms with Crippen LogP contribution in [0.4, 0.5) is 0 Å². The summed E-state index contributed by atoms with van der Waals surface area (Å²) in [5.41, 5.74) is 5.48. The normalized spacial score (nSPS) is 22.7. The van der Waals surface area contributed by atoms with Gasteiger partial charge in [0.1, 0.15) is 5.84 Å². The number of nitrogens with zero attached hydrogens (tertiary/aromatic N) is 2. The van der Waals surface area contributed by atoms with Gasteiger partial charge >= 0.3 is 0 Å². The first-order valence-corrected chi connectivity index (χ1v) is 7.19. The van der Waals surface area contributed by atoms with E-state index in [0.29, 0.717) is 11.8 Å². The predicted octanol–water partition coefficient (Wildman–Crippen LogP) is 1.90. The Balaban J connectivity index is 2.29. The lowest BCUT2D eigenvalue weighted by Crippen LogP contribution is -2.38. The molecular weight excluding hydrogens is 242 g/mol. The highest BCUT2D eigenvalue weighted by Crippen LogP contribution is 2.23. The van der Waals surface area contributed by atoms with Crippen molar-refractivity contribution in [1.82, 2.24) is 4.90 Å². The molecule has 0 aliphatic carbocycles. The second-order valence-electron chi connectivity index (χ2n) is 6.24. The van der Waals surface area contributed by atoms with Crippen molar-refractivity contribution in [2.75, 3.05) is 33.4 Å². The second-order valence-corrected chi connectivity index (χ2v) is 6.24. The van der Waals surface area contributed by atoms with Crippen molar-refractivity contribution in [2.24, 2.45) is 22.2 Å². The molecule has 5 heteroatoms. The van der Waals surface area contributed by atoms with Crippen LogP contribution in [0.5, 0.6) is 0 Å². The lowest BCUT2D eigenvalue weighted by atomic mass is 9.86. The number of likely N-dealkylation sites (tertiary alicyclic amines) is 1. The SMILES string of the molecule is COCC1CCCN(CCCC(C)(C)C(N)=NO)C1. The zero-order valence-corrected chi connectivity index (χ0v) is 12.6. The van der Waals surface area contributed by atoms with Crippen LogP contribution in [0.3, 0.4) is 0 Å². The average molecular weight is 271 g/mol. The number of piperidine rings is 1. The zero-order chi connectivity index (χ0) is 14.3. The van der Waals surface area contributed by atoms with Crippen LogP contribution < -0.4 is 5.73 Å². The Bertz CT molecular complexity index is 290. The zero-order valence-electron chi connectivity index (χ0n) is 12.6. The summed E-state index contributed by atoms with van der Waals surface area (Å²) in [5.74, 6) is 0.999. The number of hydrogen-bond acceptors (Lipinski definition) is 4. The minimum Gasteiger partial charge on any atom is -0.409 e. The van der Waals surface area contributed by atoms with Gasteiger partial charge in [0.15, 0.2) is 0 Å². The topological polar surface area (TPSA) is 71.1 Å². The molecule has 0 spiro atoms. The monoisotopic (exact) mass is 271 g/mol. The molecule has 1 unspecified atom stereocenters. The molecule has 0 bridgehead atoms. The number of ether oxygens (including phenoxy) is 1. The van der Waals surface area contributed by atoms with Crippen molar-refractivity contribution in [3.8, 4) is 0 Å². The molecule has 19 heavy (non-hydrogen) atoms. The lowest BCUT2D eigenvalue weighted by Gasteiger charge is -2.33. The van der Waals surface area contributed by atoms with Crippen molar-refractivity contribution in [2.45, 2.75) is 39.5 Å². The summed E-state index contributed by atoms with van der Waals surface area (Å²) in [4.78, 5) is 2.51. The molecule has 0 aromatic heterocycles. The Labute approximate surface area is 116 Å². The Morgan fingerprint density at radius 1 is 1.53 bits per heavy atom. The van der Waals surface area contributed by atoms with E-state index in [4.69, 9.17) is 15.7 Å². The molecule has 112 valence electrons. The molecule has 3 N–H and O–H groups in total. The van der Waals surface area contributed by atoms with E-state index in [-0.39, 0.29) is 5.41 Å². The van der Waals surface area contributed by atoms with E-state index in [1.54, 1.807) is 7.11 Å². The molecule has 1 saturated heterocycles. The van der Waals surface area contributed by atoms with Gasteiger partial charge in [0.25, 0.3) is 0 Å². The Morgan fingerprint density at radius 2 is 2.26 bits per heavy atom. The Kier molecular flexibility index (Phi) is 6.58. The summed E-state index contributed by atoms with van der Waals surface area (Å²) in [6, 6.07) is 0. The number of rotatable bonds is 7. The number of nitrogens with two attached hydrogens (primary N) is 1. The molecule has 1 aliphatic rings. The van der Waals surface area contributed by atoms with Crippen LogP contribution in [0.25, 0.3) is 0 Å². The Hall–Kier alpha value is -0.810. The summed E-state index contributed by atoms with van der Waals surface area (Å²) in [6.45, 7) is 8.31. The van der Waals surface area contributed by atoms with Crippen molar-refractivity contribution in [1.29, 1.82) is 0 Å². The molecule has 0 amide bonds. The largest absolute Gasteiger partial charge is 0.409 e. The second kappa shape index (κ2) is 7.70. The van der Waals surface area contributed by atoms with E-state index in [1.165, 1.54) is 19.4 Å². The number of oxime groups is 1. The first-order chi connectivity index (χ1) is 8.99. The predicted molar refractivity (Wildman–Crippen MR) is 77.5 cm³/mol. The van der Waals surface area contributed by atoms with Crippen molar-refractivity contribution in [3.05, 3.63) is 0 Å². The highest BCUT2D eigenvalue weighted by Gasteiger charge is 2.24. The first-order valence-electron chi connectivity index (χ1n) is 7.19. The van der Waals surface area contributed by atoms with Crippen LogP contribution >= 0.6 is 0 Å². The highest BCUT2D eigenvalue weighted by atomic mass is 16.5. The van der Waals surface area contributed by atoms with Gasteiger partial charge in [-0.3, -0.25) is 0 Å². The summed E-state index contributed by atoms with van der Waals surface area (Å²) in [5, 5.41) is 11.9. The third-order valence-corrected chi connectivity index (χ3v) is 4.08. The van der Waals surface area contributed by atoms with Gasteiger partial charge in [-0.15, -0.1) is 0 Å². The van der Waals surface area contributed by atoms with Crippen LogP contribution in [0, 0.1) is 11.3 Å². The standard InChI is InChI=1S/C14H29N3O2/c1-14(2,13(15)16-18)7-5-9-17-8-4-6-12(10-17)11-19-3/h12,18H,4-11H2,1-3H3,(H2,15,16). The lowest BCUT2D eigenvalue weighted by molar-refractivity contribution is 0.0889. The molecule has 5 nitrogen and oxygen atoms in total. The van der Waals surface area contributed by atoms with E-state index < -0.39 is 0 Å². The van der Waals surface area contributed by atoms with Crippen LogP contribution in [-0.2, 0) is 4.74 Å². The highest BCUT2D eigenvalue weighted by molar-refractivity contribution is 5.85. The number of amidine groups is 1. The first kappa shape index (κ1) is 16.2. The fraction of sp³-hybridized carbons (Fsp3) is 0.929. The van der Waals surface area contributed by atoms with Gasteiger partial charge in [0.05, 0.1) is 6.61 Å². The minimum absolute atomic E-state index is 0.226. The summed E-state index contributed by atoms with van der Waals surface area (Å²) in [7, 11) is 1.78.